The molecule has 26 heavy (non-hydrogen) atoms. The lowest BCUT2D eigenvalue weighted by atomic mass is 9.76. The summed E-state index contributed by atoms with van der Waals surface area (Å²) in [6, 6.07) is 6.09. The summed E-state index contributed by atoms with van der Waals surface area (Å²) >= 11 is 0. The molecule has 0 spiro atoms. The monoisotopic (exact) mass is 353 g/mol. The van der Waals surface area contributed by atoms with Crippen LogP contribution < -0.4 is 18.9 Å². The summed E-state index contributed by atoms with van der Waals surface area (Å²) in [6.07, 6.45) is 2.50. The van der Waals surface area contributed by atoms with Crippen molar-refractivity contribution in [2.24, 2.45) is 0 Å². The molecule has 0 bridgehead atoms. The molecule has 0 N–H and O–H groups in total. The highest BCUT2D eigenvalue weighted by atomic mass is 16.7. The van der Waals surface area contributed by atoms with Crippen LogP contribution >= 0.6 is 0 Å². The van der Waals surface area contributed by atoms with Crippen molar-refractivity contribution in [1.29, 1.82) is 0 Å². The number of carbonyl (C=O) groups is 1. The zero-order chi connectivity index (χ0) is 17.8. The highest BCUT2D eigenvalue weighted by Crippen LogP contribution is 2.54. The molecule has 0 unspecified atom stereocenters. The Morgan fingerprint density at radius 2 is 1.92 bits per heavy atom. The van der Waals surface area contributed by atoms with Crippen LogP contribution in [0.5, 0.6) is 23.0 Å². The summed E-state index contributed by atoms with van der Waals surface area (Å²) in [4.78, 5) is 13.6. The molecule has 0 saturated carbocycles. The van der Waals surface area contributed by atoms with E-state index in [4.69, 9.17) is 18.9 Å². The van der Waals surface area contributed by atoms with Crippen molar-refractivity contribution >= 4 is 6.41 Å². The van der Waals surface area contributed by atoms with Gasteiger partial charge < -0.3 is 23.8 Å². The van der Waals surface area contributed by atoms with Crippen LogP contribution in [0.15, 0.2) is 18.2 Å². The van der Waals surface area contributed by atoms with E-state index in [9.17, 15) is 4.79 Å². The van der Waals surface area contributed by atoms with E-state index < -0.39 is 0 Å². The van der Waals surface area contributed by atoms with Gasteiger partial charge in [0, 0.05) is 12.1 Å². The molecular formula is C20H19NO5. The second kappa shape index (κ2) is 5.56. The minimum Gasteiger partial charge on any atom is -0.493 e. The van der Waals surface area contributed by atoms with E-state index in [1.54, 1.807) is 14.2 Å². The van der Waals surface area contributed by atoms with Gasteiger partial charge in [-0.1, -0.05) is 0 Å². The number of benzene rings is 2. The molecule has 1 atom stereocenters. The minimum absolute atomic E-state index is 0.000993. The molecule has 134 valence electrons. The third-order valence-corrected chi connectivity index (χ3v) is 5.58. The standard InChI is InChI=1S/C20H19NO5/c1-23-17-6-11-3-4-21(9-22)14-5-12-7-15-16(26-10-25-15)8-13(12)19(18(11)14)20(17)24-2/h6-9,14H,3-5,10H2,1-2H3/t14-/m0/s1. The predicted molar refractivity (Wildman–Crippen MR) is 94.0 cm³/mol. The molecule has 2 aromatic carbocycles. The van der Waals surface area contributed by atoms with E-state index in [0.29, 0.717) is 18.0 Å². The average Bonchev–Trinajstić information content (AvgIpc) is 3.13. The van der Waals surface area contributed by atoms with Crippen molar-refractivity contribution in [3.63, 3.8) is 0 Å². The molecule has 5 rings (SSSR count). The lowest BCUT2D eigenvalue weighted by Gasteiger charge is -2.40. The van der Waals surface area contributed by atoms with Crippen molar-refractivity contribution < 1.29 is 23.7 Å². The number of methoxy groups -OCH3 is 2. The van der Waals surface area contributed by atoms with Gasteiger partial charge in [-0.2, -0.15) is 0 Å². The predicted octanol–water partition coefficient (Wildman–Crippen LogP) is 2.71. The molecule has 0 saturated heterocycles. The van der Waals surface area contributed by atoms with E-state index in [1.165, 1.54) is 5.56 Å². The highest BCUT2D eigenvalue weighted by molar-refractivity contribution is 5.85. The summed E-state index contributed by atoms with van der Waals surface area (Å²) < 4.78 is 22.5. The van der Waals surface area contributed by atoms with Gasteiger partial charge in [-0.05, 0) is 53.3 Å². The van der Waals surface area contributed by atoms with Crippen LogP contribution in [0.3, 0.4) is 0 Å². The maximum absolute atomic E-state index is 11.7. The van der Waals surface area contributed by atoms with E-state index >= 15 is 0 Å². The number of hydrogen-bond acceptors (Lipinski definition) is 5. The Morgan fingerprint density at radius 1 is 1.12 bits per heavy atom. The number of nitrogens with zero attached hydrogens (tertiary/aromatic N) is 1. The number of ether oxygens (including phenoxy) is 4. The van der Waals surface area contributed by atoms with E-state index in [2.05, 4.69) is 0 Å². The zero-order valence-corrected chi connectivity index (χ0v) is 14.7. The molecule has 0 fully saturated rings. The van der Waals surface area contributed by atoms with Crippen molar-refractivity contribution in [2.75, 3.05) is 27.6 Å². The lowest BCUT2D eigenvalue weighted by Crippen LogP contribution is -2.37. The summed E-state index contributed by atoms with van der Waals surface area (Å²) in [5.41, 5.74) is 5.55. The molecule has 1 amide bonds. The molecular weight excluding hydrogens is 334 g/mol. The zero-order valence-electron chi connectivity index (χ0n) is 14.7. The van der Waals surface area contributed by atoms with Crippen molar-refractivity contribution in [1.82, 2.24) is 4.90 Å². The maximum Gasteiger partial charge on any atom is 0.231 e. The maximum atomic E-state index is 11.7. The molecule has 6 nitrogen and oxygen atoms in total. The molecule has 0 radical (unpaired) electrons. The number of carbonyl (C=O) groups excluding carboxylic acids is 1. The molecule has 2 aromatic rings. The number of fused-ring (bicyclic) bond motifs is 3. The lowest BCUT2D eigenvalue weighted by molar-refractivity contribution is -0.120. The summed E-state index contributed by atoms with van der Waals surface area (Å²) in [5, 5.41) is 0. The SMILES string of the molecule is COc1cc2c3c(c1OC)-c1cc4c(cc1C[C@@H]3N(C=O)CC2)OCO4. The van der Waals surface area contributed by atoms with Gasteiger partial charge in [0.15, 0.2) is 23.0 Å². The Bertz CT molecular complexity index is 923. The van der Waals surface area contributed by atoms with Gasteiger partial charge in [0.05, 0.1) is 20.3 Å². The first-order valence-corrected chi connectivity index (χ1v) is 8.66. The van der Waals surface area contributed by atoms with Gasteiger partial charge in [0.25, 0.3) is 0 Å². The van der Waals surface area contributed by atoms with Gasteiger partial charge in [-0.3, -0.25) is 4.79 Å². The Labute approximate surface area is 151 Å². The number of rotatable bonds is 3. The molecule has 3 aliphatic rings. The first-order chi connectivity index (χ1) is 12.7. The first kappa shape index (κ1) is 15.4. The van der Waals surface area contributed by atoms with Gasteiger partial charge in [-0.25, -0.2) is 0 Å². The van der Waals surface area contributed by atoms with Crippen LogP contribution in [0, 0.1) is 0 Å². The van der Waals surface area contributed by atoms with Gasteiger partial charge in [0.2, 0.25) is 13.2 Å². The number of hydrogen-bond donors (Lipinski definition) is 0. The summed E-state index contributed by atoms with van der Waals surface area (Å²) in [6.45, 7) is 0.936. The largest absolute Gasteiger partial charge is 0.493 e. The van der Waals surface area contributed by atoms with E-state index in [0.717, 1.165) is 53.0 Å². The molecule has 1 aliphatic carbocycles. The highest BCUT2D eigenvalue weighted by Gasteiger charge is 2.38. The smallest absolute Gasteiger partial charge is 0.231 e. The van der Waals surface area contributed by atoms with Crippen LogP contribution in [-0.4, -0.2) is 38.9 Å². The fraction of sp³-hybridized carbons (Fsp3) is 0.350. The number of amides is 1. The van der Waals surface area contributed by atoms with Crippen LogP contribution in [0.25, 0.3) is 11.1 Å². The molecule has 2 aliphatic heterocycles. The van der Waals surface area contributed by atoms with Gasteiger partial charge >= 0.3 is 0 Å². The molecule has 6 heteroatoms. The molecule has 0 aromatic heterocycles. The first-order valence-electron chi connectivity index (χ1n) is 8.66. The third-order valence-electron chi connectivity index (χ3n) is 5.58. The Morgan fingerprint density at radius 3 is 2.65 bits per heavy atom. The van der Waals surface area contributed by atoms with Crippen molar-refractivity contribution in [3.8, 4) is 34.1 Å². The normalized spacial score (nSPS) is 18.8. The van der Waals surface area contributed by atoms with Crippen molar-refractivity contribution in [2.45, 2.75) is 18.9 Å². The second-order valence-corrected chi connectivity index (χ2v) is 6.74. The molecule has 2 heterocycles. The van der Waals surface area contributed by atoms with E-state index in [-0.39, 0.29) is 12.8 Å². The Balaban J connectivity index is 1.84. The summed E-state index contributed by atoms with van der Waals surface area (Å²) in [7, 11) is 3.30. The second-order valence-electron chi connectivity index (χ2n) is 6.74. The van der Waals surface area contributed by atoms with Crippen LogP contribution in [0.4, 0.5) is 0 Å². The minimum atomic E-state index is -0.000993. The Hall–Kier alpha value is -2.89. The fourth-order valence-corrected chi connectivity index (χ4v) is 4.43. The van der Waals surface area contributed by atoms with Crippen LogP contribution in [0.2, 0.25) is 0 Å². The third kappa shape index (κ3) is 1.95. The summed E-state index contributed by atoms with van der Waals surface area (Å²) in [5.74, 6) is 2.90. The van der Waals surface area contributed by atoms with Gasteiger partial charge in [-0.15, -0.1) is 0 Å². The van der Waals surface area contributed by atoms with Gasteiger partial charge in [0.1, 0.15) is 0 Å². The van der Waals surface area contributed by atoms with Crippen LogP contribution in [0.1, 0.15) is 22.7 Å². The quantitative estimate of drug-likeness (QED) is 0.794. The van der Waals surface area contributed by atoms with Crippen LogP contribution in [-0.2, 0) is 17.6 Å². The van der Waals surface area contributed by atoms with Crippen molar-refractivity contribution in [3.05, 3.63) is 34.9 Å². The van der Waals surface area contributed by atoms with E-state index in [1.807, 2.05) is 23.1 Å². The topological polar surface area (TPSA) is 57.2 Å². The average molecular weight is 353 g/mol. The Kier molecular flexibility index (Phi) is 3.29. The fourth-order valence-electron chi connectivity index (χ4n) is 4.43.